The minimum absolute atomic E-state index is 0.302. The highest BCUT2D eigenvalue weighted by Crippen LogP contribution is 2.20. The lowest BCUT2D eigenvalue weighted by atomic mass is 10.2. The van der Waals surface area contributed by atoms with Crippen LogP contribution in [0.3, 0.4) is 0 Å². The first-order valence-electron chi connectivity index (χ1n) is 5.89. The highest BCUT2D eigenvalue weighted by molar-refractivity contribution is 7.89. The molecule has 1 aromatic carbocycles. The van der Waals surface area contributed by atoms with Crippen LogP contribution in [0.1, 0.15) is 25.3 Å². The second-order valence-electron chi connectivity index (χ2n) is 4.07. The summed E-state index contributed by atoms with van der Waals surface area (Å²) in [6, 6.07) is 6.98. The Bertz CT molecular complexity index is 461. The summed E-state index contributed by atoms with van der Waals surface area (Å²) in [7, 11) is -3.48. The monoisotopic (exact) mass is 255 g/mol. The largest absolute Gasteiger partial charge is 0.284 e. The van der Waals surface area contributed by atoms with Crippen LogP contribution in [0.4, 0.5) is 0 Å². The Hall–Kier alpha value is -0.910. The second kappa shape index (κ2) is 5.16. The molecule has 1 aliphatic rings. The van der Waals surface area contributed by atoms with Crippen molar-refractivity contribution >= 4 is 10.0 Å². The summed E-state index contributed by atoms with van der Waals surface area (Å²) in [5.74, 6) is 0. The van der Waals surface area contributed by atoms with Crippen molar-refractivity contribution in [1.29, 1.82) is 0 Å². The molecule has 17 heavy (non-hydrogen) atoms. The summed E-state index contributed by atoms with van der Waals surface area (Å²) in [4.78, 5) is 5.50. The van der Waals surface area contributed by atoms with Crippen LogP contribution in [0.25, 0.3) is 0 Å². The highest BCUT2D eigenvalue weighted by atomic mass is 32.2. The minimum Gasteiger partial charge on any atom is -0.284 e. The van der Waals surface area contributed by atoms with Gasteiger partial charge in [0.1, 0.15) is 0 Å². The third kappa shape index (κ3) is 2.68. The van der Waals surface area contributed by atoms with Crippen molar-refractivity contribution in [3.05, 3.63) is 29.8 Å². The molecule has 0 saturated carbocycles. The predicted molar refractivity (Wildman–Crippen MR) is 64.9 cm³/mol. The second-order valence-corrected chi connectivity index (χ2v) is 5.90. The molecule has 0 unspecified atom stereocenters. The van der Waals surface area contributed by atoms with E-state index in [1.165, 1.54) is 0 Å². The molecule has 94 valence electrons. The number of hydrogen-bond donors (Lipinski definition) is 0. The van der Waals surface area contributed by atoms with Gasteiger partial charge in [0, 0.05) is 6.54 Å². The number of nitrogens with zero attached hydrogens (tertiary/aromatic N) is 1. The van der Waals surface area contributed by atoms with Gasteiger partial charge in [-0.15, -0.1) is 0 Å². The Morgan fingerprint density at radius 1 is 1.24 bits per heavy atom. The fourth-order valence-electron chi connectivity index (χ4n) is 1.78. The van der Waals surface area contributed by atoms with E-state index in [2.05, 4.69) is 0 Å². The molecule has 0 aromatic heterocycles. The number of rotatable bonds is 3. The van der Waals surface area contributed by atoms with Gasteiger partial charge in [-0.1, -0.05) is 23.5 Å². The Balaban J connectivity index is 2.23. The molecule has 2 rings (SSSR count). The van der Waals surface area contributed by atoms with E-state index in [0.29, 0.717) is 18.0 Å². The first-order valence-corrected chi connectivity index (χ1v) is 7.33. The molecule has 0 atom stereocenters. The van der Waals surface area contributed by atoms with Crippen molar-refractivity contribution < 1.29 is 13.3 Å². The molecule has 0 N–H and O–H groups in total. The van der Waals surface area contributed by atoms with Gasteiger partial charge in [-0.2, -0.15) is 0 Å². The van der Waals surface area contributed by atoms with Crippen LogP contribution in [0.15, 0.2) is 29.2 Å². The van der Waals surface area contributed by atoms with Crippen molar-refractivity contribution in [1.82, 2.24) is 4.47 Å². The number of hydroxylamine groups is 1. The molecule has 0 spiro atoms. The van der Waals surface area contributed by atoms with Gasteiger partial charge in [0.05, 0.1) is 11.5 Å². The summed E-state index contributed by atoms with van der Waals surface area (Å²) < 4.78 is 25.5. The molecule has 1 aromatic rings. The maximum Gasteiger partial charge on any atom is 0.265 e. The number of sulfonamides is 1. The van der Waals surface area contributed by atoms with Crippen LogP contribution in [-0.2, 0) is 21.3 Å². The Labute approximate surface area is 102 Å². The third-order valence-electron chi connectivity index (χ3n) is 2.87. The molecule has 0 amide bonds. The lowest BCUT2D eigenvalue weighted by molar-refractivity contribution is -0.108. The van der Waals surface area contributed by atoms with Crippen LogP contribution in [0.5, 0.6) is 0 Å². The van der Waals surface area contributed by atoms with Gasteiger partial charge >= 0.3 is 0 Å². The molecule has 1 fully saturated rings. The Morgan fingerprint density at radius 2 is 1.94 bits per heavy atom. The van der Waals surface area contributed by atoms with E-state index in [9.17, 15) is 8.42 Å². The normalized spacial score (nSPS) is 18.2. The van der Waals surface area contributed by atoms with E-state index in [4.69, 9.17) is 4.84 Å². The topological polar surface area (TPSA) is 46.6 Å². The van der Waals surface area contributed by atoms with Crippen LogP contribution >= 0.6 is 0 Å². The maximum absolute atomic E-state index is 12.2. The SMILES string of the molecule is CCc1ccc(S(=O)(=O)N2CCCCO2)cc1. The molecule has 1 saturated heterocycles. The summed E-state index contributed by atoms with van der Waals surface area (Å²) in [6.45, 7) is 2.96. The molecule has 1 heterocycles. The zero-order chi connectivity index (χ0) is 12.3. The summed E-state index contributed by atoms with van der Waals surface area (Å²) in [5, 5.41) is 0. The van der Waals surface area contributed by atoms with Crippen LogP contribution < -0.4 is 0 Å². The molecule has 5 heteroatoms. The average Bonchev–Trinajstić information content (AvgIpc) is 2.40. The smallest absolute Gasteiger partial charge is 0.265 e. The standard InChI is InChI=1S/C12H17NO3S/c1-2-11-5-7-12(8-6-11)17(14,15)13-9-3-4-10-16-13/h5-8H,2-4,9-10H2,1H3. The maximum atomic E-state index is 12.2. The third-order valence-corrected chi connectivity index (χ3v) is 4.56. The van der Waals surface area contributed by atoms with Gasteiger partial charge in [-0.25, -0.2) is 8.42 Å². The van der Waals surface area contributed by atoms with Crippen molar-refractivity contribution in [3.8, 4) is 0 Å². The Kier molecular flexibility index (Phi) is 3.81. The fourth-order valence-corrected chi connectivity index (χ4v) is 3.08. The van der Waals surface area contributed by atoms with Gasteiger partial charge in [0.2, 0.25) is 0 Å². The number of aryl methyl sites for hydroxylation is 1. The van der Waals surface area contributed by atoms with E-state index in [1.54, 1.807) is 12.1 Å². The quantitative estimate of drug-likeness (QED) is 0.829. The lowest BCUT2D eigenvalue weighted by Crippen LogP contribution is -2.35. The number of hydrogen-bond acceptors (Lipinski definition) is 3. The zero-order valence-corrected chi connectivity index (χ0v) is 10.7. The average molecular weight is 255 g/mol. The minimum atomic E-state index is -3.48. The zero-order valence-electron chi connectivity index (χ0n) is 9.93. The van der Waals surface area contributed by atoms with E-state index >= 15 is 0 Å². The summed E-state index contributed by atoms with van der Waals surface area (Å²) in [5.41, 5.74) is 1.13. The van der Waals surface area contributed by atoms with E-state index in [1.807, 2.05) is 19.1 Å². The van der Waals surface area contributed by atoms with Gasteiger partial charge < -0.3 is 0 Å². The Morgan fingerprint density at radius 3 is 2.47 bits per heavy atom. The van der Waals surface area contributed by atoms with Gasteiger partial charge in [-0.05, 0) is 37.0 Å². The molecule has 4 nitrogen and oxygen atoms in total. The molecule has 1 aliphatic heterocycles. The molecule has 0 bridgehead atoms. The summed E-state index contributed by atoms with van der Waals surface area (Å²) in [6.07, 6.45) is 2.67. The van der Waals surface area contributed by atoms with Crippen LogP contribution in [0, 0.1) is 0 Å². The first-order chi connectivity index (χ1) is 8.14. The van der Waals surface area contributed by atoms with E-state index < -0.39 is 10.0 Å². The highest BCUT2D eigenvalue weighted by Gasteiger charge is 2.27. The molecule has 0 aliphatic carbocycles. The van der Waals surface area contributed by atoms with Crippen molar-refractivity contribution in [2.24, 2.45) is 0 Å². The lowest BCUT2D eigenvalue weighted by Gasteiger charge is -2.25. The van der Waals surface area contributed by atoms with Gasteiger partial charge in [-0.3, -0.25) is 4.84 Å². The fraction of sp³-hybridized carbons (Fsp3) is 0.500. The first kappa shape index (κ1) is 12.5. The number of benzene rings is 1. The summed E-state index contributed by atoms with van der Waals surface area (Å²) >= 11 is 0. The predicted octanol–water partition coefficient (Wildman–Crippen LogP) is 1.97. The van der Waals surface area contributed by atoms with E-state index in [0.717, 1.165) is 29.3 Å². The molecule has 0 radical (unpaired) electrons. The van der Waals surface area contributed by atoms with Crippen molar-refractivity contribution in [3.63, 3.8) is 0 Å². The van der Waals surface area contributed by atoms with E-state index in [-0.39, 0.29) is 0 Å². The molecular formula is C12H17NO3S. The van der Waals surface area contributed by atoms with Crippen molar-refractivity contribution in [2.75, 3.05) is 13.2 Å². The van der Waals surface area contributed by atoms with Crippen LogP contribution in [-0.4, -0.2) is 26.0 Å². The van der Waals surface area contributed by atoms with Crippen LogP contribution in [0.2, 0.25) is 0 Å². The van der Waals surface area contributed by atoms with Crippen molar-refractivity contribution in [2.45, 2.75) is 31.1 Å². The molecular weight excluding hydrogens is 238 g/mol. The van der Waals surface area contributed by atoms with Gasteiger partial charge in [0.25, 0.3) is 10.0 Å². The van der Waals surface area contributed by atoms with Gasteiger partial charge in [0.15, 0.2) is 0 Å².